The highest BCUT2D eigenvalue weighted by molar-refractivity contribution is 8.03. The van der Waals surface area contributed by atoms with Crippen LogP contribution >= 0.6 is 23.5 Å². The first-order valence-electron chi connectivity index (χ1n) is 9.54. The zero-order chi connectivity index (χ0) is 22.4. The van der Waals surface area contributed by atoms with Crippen molar-refractivity contribution >= 4 is 35.3 Å². The van der Waals surface area contributed by atoms with E-state index < -0.39 is 50.5 Å². The SMILES string of the molecule is COC(=O)[C@@]1(SC(F)(F)F)CC[C@@]2(C1=O)[C@@H](O)c1ccccc1S[C@H]2c1ccccc1. The highest BCUT2D eigenvalue weighted by Crippen LogP contribution is 2.68. The van der Waals surface area contributed by atoms with Crippen molar-refractivity contribution in [2.24, 2.45) is 5.41 Å². The second-order valence-electron chi connectivity index (χ2n) is 7.58. The van der Waals surface area contributed by atoms with Gasteiger partial charge in [-0.25, -0.2) is 0 Å². The van der Waals surface area contributed by atoms with Gasteiger partial charge in [0.05, 0.1) is 18.6 Å². The number of thioether (sulfide) groups is 2. The molecule has 1 heterocycles. The monoisotopic (exact) mass is 468 g/mol. The Morgan fingerprint density at radius 3 is 2.42 bits per heavy atom. The maximum Gasteiger partial charge on any atom is 0.443 e. The number of carbonyl (C=O) groups excluding carboxylic acids is 2. The fourth-order valence-electron chi connectivity index (χ4n) is 4.65. The van der Waals surface area contributed by atoms with Gasteiger partial charge in [-0.1, -0.05) is 48.5 Å². The number of methoxy groups -OCH3 is 1. The highest BCUT2D eigenvalue weighted by atomic mass is 32.2. The third-order valence-electron chi connectivity index (χ3n) is 6.00. The lowest BCUT2D eigenvalue weighted by Gasteiger charge is -2.45. The van der Waals surface area contributed by atoms with Crippen LogP contribution in [0.4, 0.5) is 13.2 Å². The van der Waals surface area contributed by atoms with Crippen LogP contribution in [-0.2, 0) is 14.3 Å². The molecule has 1 aliphatic carbocycles. The first kappa shape index (κ1) is 22.2. The van der Waals surface area contributed by atoms with E-state index in [1.54, 1.807) is 48.5 Å². The fourth-order valence-corrected chi connectivity index (χ4v) is 7.29. The maximum atomic E-state index is 13.9. The van der Waals surface area contributed by atoms with E-state index in [9.17, 15) is 27.9 Å². The van der Waals surface area contributed by atoms with Crippen molar-refractivity contribution in [3.05, 3.63) is 65.7 Å². The molecule has 1 fully saturated rings. The molecule has 164 valence electrons. The van der Waals surface area contributed by atoms with Gasteiger partial charge in [0, 0.05) is 10.1 Å². The maximum absolute atomic E-state index is 13.9. The molecule has 4 nitrogen and oxygen atoms in total. The molecule has 1 N–H and O–H groups in total. The van der Waals surface area contributed by atoms with E-state index in [1.165, 1.54) is 11.8 Å². The van der Waals surface area contributed by atoms with Gasteiger partial charge in [0.1, 0.15) is 0 Å². The molecular weight excluding hydrogens is 449 g/mol. The summed E-state index contributed by atoms with van der Waals surface area (Å²) >= 11 is 0.685. The average Bonchev–Trinajstić information content (AvgIpc) is 3.03. The number of ketones is 1. The lowest BCUT2D eigenvalue weighted by molar-refractivity contribution is -0.150. The van der Waals surface area contributed by atoms with Gasteiger partial charge in [0.15, 0.2) is 10.5 Å². The molecule has 0 bridgehead atoms. The third-order valence-corrected chi connectivity index (χ3v) is 8.69. The fraction of sp³-hybridized carbons (Fsp3) is 0.364. The van der Waals surface area contributed by atoms with Gasteiger partial charge in [-0.2, -0.15) is 13.2 Å². The highest BCUT2D eigenvalue weighted by Gasteiger charge is 2.70. The van der Waals surface area contributed by atoms with Gasteiger partial charge in [0.25, 0.3) is 0 Å². The predicted molar refractivity (Wildman–Crippen MR) is 112 cm³/mol. The Labute approximate surface area is 185 Å². The molecule has 0 aromatic heterocycles. The molecule has 0 radical (unpaired) electrons. The Kier molecular flexibility index (Phi) is 5.64. The lowest BCUT2D eigenvalue weighted by Crippen LogP contribution is -2.51. The molecule has 2 aromatic carbocycles. The molecule has 0 saturated heterocycles. The number of hydrogen-bond acceptors (Lipinski definition) is 6. The summed E-state index contributed by atoms with van der Waals surface area (Å²) in [6.07, 6.45) is -1.80. The minimum atomic E-state index is -4.83. The number of benzene rings is 2. The number of alkyl halides is 3. The number of Topliss-reactive ketones (excluding diaryl/α,β-unsaturated/α-hetero) is 1. The van der Waals surface area contributed by atoms with E-state index in [4.69, 9.17) is 0 Å². The first-order chi connectivity index (χ1) is 14.7. The van der Waals surface area contributed by atoms with Crippen LogP contribution in [0.15, 0.2) is 59.5 Å². The summed E-state index contributed by atoms with van der Waals surface area (Å²) in [5.74, 6) is -2.17. The summed E-state index contributed by atoms with van der Waals surface area (Å²) in [4.78, 5) is 27.2. The van der Waals surface area contributed by atoms with E-state index in [0.717, 1.165) is 12.0 Å². The Morgan fingerprint density at radius 2 is 1.77 bits per heavy atom. The Morgan fingerprint density at radius 1 is 1.13 bits per heavy atom. The first-order valence-corrected chi connectivity index (χ1v) is 11.2. The van der Waals surface area contributed by atoms with E-state index in [-0.39, 0.29) is 12.8 Å². The predicted octanol–water partition coefficient (Wildman–Crippen LogP) is 5.08. The second kappa shape index (κ2) is 7.86. The van der Waals surface area contributed by atoms with E-state index >= 15 is 0 Å². The number of carbonyl (C=O) groups is 2. The summed E-state index contributed by atoms with van der Waals surface area (Å²) in [5.41, 5.74) is -5.26. The van der Waals surface area contributed by atoms with E-state index in [1.807, 2.05) is 6.07 Å². The van der Waals surface area contributed by atoms with Crippen molar-refractivity contribution in [3.63, 3.8) is 0 Å². The molecule has 0 unspecified atom stereocenters. The molecule has 31 heavy (non-hydrogen) atoms. The van der Waals surface area contributed by atoms with Crippen molar-refractivity contribution in [2.75, 3.05) is 7.11 Å². The summed E-state index contributed by atoms with van der Waals surface area (Å²) in [7, 11) is 0.968. The van der Waals surface area contributed by atoms with Crippen LogP contribution in [0.2, 0.25) is 0 Å². The largest absolute Gasteiger partial charge is 0.468 e. The molecule has 1 aliphatic heterocycles. The number of fused-ring (bicyclic) bond motifs is 1. The van der Waals surface area contributed by atoms with Gasteiger partial charge in [-0.15, -0.1) is 11.8 Å². The molecule has 1 spiro atoms. The van der Waals surface area contributed by atoms with Crippen LogP contribution in [-0.4, -0.2) is 34.2 Å². The van der Waals surface area contributed by atoms with Gasteiger partial charge < -0.3 is 9.84 Å². The van der Waals surface area contributed by atoms with Crippen molar-refractivity contribution in [1.82, 2.24) is 0 Å². The van der Waals surface area contributed by atoms with Crippen LogP contribution in [0.3, 0.4) is 0 Å². The topological polar surface area (TPSA) is 63.6 Å². The van der Waals surface area contributed by atoms with Crippen LogP contribution in [0.25, 0.3) is 0 Å². The van der Waals surface area contributed by atoms with E-state index in [2.05, 4.69) is 4.74 Å². The van der Waals surface area contributed by atoms with Gasteiger partial charge in [-0.3, -0.25) is 9.59 Å². The van der Waals surface area contributed by atoms with Crippen LogP contribution < -0.4 is 0 Å². The Hall–Kier alpha value is -1.97. The number of aliphatic hydroxyl groups excluding tert-OH is 1. The van der Waals surface area contributed by atoms with Gasteiger partial charge >= 0.3 is 11.5 Å². The third kappa shape index (κ3) is 3.47. The van der Waals surface area contributed by atoms with Crippen molar-refractivity contribution in [2.45, 2.75) is 39.3 Å². The summed E-state index contributed by atoms with van der Waals surface area (Å²) in [6.45, 7) is 0. The number of esters is 1. The Bertz CT molecular complexity index is 1010. The average molecular weight is 469 g/mol. The number of ether oxygens (including phenoxy) is 1. The Balaban J connectivity index is 1.91. The summed E-state index contributed by atoms with van der Waals surface area (Å²) in [5, 5.41) is 10.8. The molecule has 0 amide bonds. The molecule has 1 saturated carbocycles. The molecule has 2 aromatic rings. The minimum absolute atomic E-state index is 0.0773. The molecule has 2 aliphatic rings. The van der Waals surface area contributed by atoms with Crippen molar-refractivity contribution in [3.8, 4) is 0 Å². The number of halogens is 3. The van der Waals surface area contributed by atoms with Crippen molar-refractivity contribution in [1.29, 1.82) is 0 Å². The lowest BCUT2D eigenvalue weighted by atomic mass is 9.70. The molecule has 4 atom stereocenters. The van der Waals surface area contributed by atoms with Crippen LogP contribution in [0.5, 0.6) is 0 Å². The number of aliphatic hydroxyl groups is 1. The normalized spacial score (nSPS) is 30.3. The van der Waals surface area contributed by atoms with Crippen LogP contribution in [0.1, 0.15) is 35.3 Å². The molecule has 9 heteroatoms. The smallest absolute Gasteiger partial charge is 0.443 e. The standard InChI is InChI=1S/C22H19F3O4S2/c1-29-19(28)21(31-22(23,24)25)12-11-20(18(21)27)16(26)14-9-5-6-10-15(14)30-17(20)13-7-3-2-4-8-13/h2-10,16-17,26H,11-12H2,1H3/t16-,17-,20+,21+/m0/s1. The number of rotatable bonds is 3. The minimum Gasteiger partial charge on any atom is -0.468 e. The summed E-state index contributed by atoms with van der Waals surface area (Å²) in [6, 6.07) is 15.9. The quantitative estimate of drug-likeness (QED) is 0.501. The summed E-state index contributed by atoms with van der Waals surface area (Å²) < 4.78 is 42.6. The van der Waals surface area contributed by atoms with Crippen LogP contribution in [0, 0.1) is 5.41 Å². The van der Waals surface area contributed by atoms with Gasteiger partial charge in [-0.05, 0) is 41.8 Å². The van der Waals surface area contributed by atoms with Crippen molar-refractivity contribution < 1.29 is 32.6 Å². The number of hydrogen-bond donors (Lipinski definition) is 1. The zero-order valence-corrected chi connectivity index (χ0v) is 18.0. The second-order valence-corrected chi connectivity index (χ2v) is 10.1. The zero-order valence-electron chi connectivity index (χ0n) is 16.4. The van der Waals surface area contributed by atoms with E-state index in [0.29, 0.717) is 11.1 Å². The van der Waals surface area contributed by atoms with Gasteiger partial charge in [0.2, 0.25) is 0 Å². The molecular formula is C22H19F3O4S2. The molecule has 4 rings (SSSR count).